The maximum atomic E-state index is 5.45. The van der Waals surface area contributed by atoms with E-state index < -0.39 is 0 Å². The third-order valence-electron chi connectivity index (χ3n) is 4.03. The highest BCUT2D eigenvalue weighted by Crippen LogP contribution is 2.52. The average molecular weight is 298 g/mol. The highest BCUT2D eigenvalue weighted by molar-refractivity contribution is 9.10. The highest BCUT2D eigenvalue weighted by atomic mass is 79.9. The van der Waals surface area contributed by atoms with Crippen LogP contribution in [-0.2, 0) is 6.42 Å². The first-order valence-corrected chi connectivity index (χ1v) is 6.90. The van der Waals surface area contributed by atoms with Gasteiger partial charge in [0.05, 0.1) is 7.11 Å². The van der Waals surface area contributed by atoms with E-state index in [1.807, 2.05) is 19.2 Å². The molecule has 1 aromatic carbocycles. The van der Waals surface area contributed by atoms with Crippen molar-refractivity contribution < 1.29 is 4.74 Å². The van der Waals surface area contributed by atoms with Crippen molar-refractivity contribution in [3.63, 3.8) is 0 Å². The quantitative estimate of drug-likeness (QED) is 0.899. The predicted octanol–water partition coefficient (Wildman–Crippen LogP) is 3.39. The van der Waals surface area contributed by atoms with Gasteiger partial charge in [-0.25, -0.2) is 0 Å². The van der Waals surface area contributed by atoms with Crippen molar-refractivity contribution in [2.75, 3.05) is 14.2 Å². The van der Waals surface area contributed by atoms with Crippen LogP contribution in [-0.4, -0.2) is 20.2 Å². The molecule has 0 aromatic heterocycles. The van der Waals surface area contributed by atoms with E-state index >= 15 is 0 Å². The van der Waals surface area contributed by atoms with E-state index in [1.165, 1.54) is 18.4 Å². The van der Waals surface area contributed by atoms with E-state index in [-0.39, 0.29) is 0 Å². The molecular formula is C14H20BrNO. The first-order valence-electron chi connectivity index (χ1n) is 6.11. The number of nitrogens with one attached hydrogen (secondary N) is 1. The van der Waals surface area contributed by atoms with Gasteiger partial charge in [0.15, 0.2) is 0 Å². The Morgan fingerprint density at radius 3 is 2.71 bits per heavy atom. The van der Waals surface area contributed by atoms with Gasteiger partial charge in [0.1, 0.15) is 5.75 Å². The minimum Gasteiger partial charge on any atom is -0.496 e. The van der Waals surface area contributed by atoms with Gasteiger partial charge in [-0.2, -0.15) is 0 Å². The molecule has 1 fully saturated rings. The molecule has 1 saturated carbocycles. The van der Waals surface area contributed by atoms with Gasteiger partial charge in [0.25, 0.3) is 0 Å². The summed E-state index contributed by atoms with van der Waals surface area (Å²) in [4.78, 5) is 0. The summed E-state index contributed by atoms with van der Waals surface area (Å²) in [6.45, 7) is 2.28. The lowest BCUT2D eigenvalue weighted by atomic mass is 9.89. The number of ether oxygens (including phenoxy) is 1. The second kappa shape index (κ2) is 4.99. The Morgan fingerprint density at radius 1 is 1.47 bits per heavy atom. The summed E-state index contributed by atoms with van der Waals surface area (Å²) < 4.78 is 6.57. The van der Waals surface area contributed by atoms with Crippen LogP contribution in [0.25, 0.3) is 0 Å². The molecule has 2 nitrogen and oxygen atoms in total. The minimum atomic E-state index is 0.433. The Balaban J connectivity index is 2.21. The van der Waals surface area contributed by atoms with E-state index in [4.69, 9.17) is 4.74 Å². The van der Waals surface area contributed by atoms with Gasteiger partial charge in [-0.1, -0.05) is 15.9 Å². The topological polar surface area (TPSA) is 21.3 Å². The Morgan fingerprint density at radius 2 is 2.18 bits per heavy atom. The zero-order valence-electron chi connectivity index (χ0n) is 10.7. The molecule has 1 unspecified atom stereocenters. The number of hydrogen-bond acceptors (Lipinski definition) is 2. The van der Waals surface area contributed by atoms with Crippen molar-refractivity contribution in [2.45, 2.75) is 32.2 Å². The largest absolute Gasteiger partial charge is 0.496 e. The average Bonchev–Trinajstić information content (AvgIpc) is 3.09. The monoisotopic (exact) mass is 297 g/mol. The summed E-state index contributed by atoms with van der Waals surface area (Å²) >= 11 is 3.54. The molecule has 1 aliphatic rings. The van der Waals surface area contributed by atoms with E-state index in [1.54, 1.807) is 7.11 Å². The molecule has 17 heavy (non-hydrogen) atoms. The van der Waals surface area contributed by atoms with Gasteiger partial charge >= 0.3 is 0 Å². The molecule has 1 atom stereocenters. The molecule has 1 aromatic rings. The maximum absolute atomic E-state index is 5.45. The van der Waals surface area contributed by atoms with Crippen molar-refractivity contribution in [2.24, 2.45) is 5.41 Å². The van der Waals surface area contributed by atoms with Crippen LogP contribution in [0.3, 0.4) is 0 Å². The van der Waals surface area contributed by atoms with Crippen molar-refractivity contribution >= 4 is 15.9 Å². The summed E-state index contributed by atoms with van der Waals surface area (Å²) in [5.74, 6) is 1.00. The lowest BCUT2D eigenvalue weighted by Gasteiger charge is -2.24. The van der Waals surface area contributed by atoms with Crippen molar-refractivity contribution in [1.29, 1.82) is 0 Å². The van der Waals surface area contributed by atoms with Crippen LogP contribution < -0.4 is 10.1 Å². The highest BCUT2D eigenvalue weighted by Gasteiger charge is 2.46. The first kappa shape index (κ1) is 12.9. The van der Waals surface area contributed by atoms with Crippen molar-refractivity contribution in [3.8, 4) is 5.75 Å². The molecule has 1 aliphatic carbocycles. The Kier molecular flexibility index (Phi) is 3.79. The fraction of sp³-hybridized carbons (Fsp3) is 0.571. The summed E-state index contributed by atoms with van der Waals surface area (Å²) in [6, 6.07) is 6.82. The van der Waals surface area contributed by atoms with Crippen molar-refractivity contribution in [3.05, 3.63) is 28.2 Å². The molecular weight excluding hydrogens is 278 g/mol. The molecule has 0 radical (unpaired) electrons. The second-order valence-electron chi connectivity index (χ2n) is 5.01. The van der Waals surface area contributed by atoms with Gasteiger partial charge in [-0.15, -0.1) is 0 Å². The van der Waals surface area contributed by atoms with Gasteiger partial charge in [-0.05, 0) is 62.4 Å². The standard InChI is InChI=1S/C14H20BrNO/c1-10(16-2)14(6-7-14)9-11-8-12(15)4-5-13(11)17-3/h4-5,8,10,16H,6-7,9H2,1-3H3. The van der Waals surface area contributed by atoms with Crippen LogP contribution in [0, 0.1) is 5.41 Å². The molecule has 0 saturated heterocycles. The van der Waals surface area contributed by atoms with Gasteiger partial charge in [0, 0.05) is 10.5 Å². The van der Waals surface area contributed by atoms with Crippen LogP contribution in [0.4, 0.5) is 0 Å². The third kappa shape index (κ3) is 2.66. The molecule has 0 spiro atoms. The first-order chi connectivity index (χ1) is 8.11. The molecule has 1 N–H and O–H groups in total. The molecule has 0 heterocycles. The molecule has 2 rings (SSSR count). The molecule has 94 valence electrons. The smallest absolute Gasteiger partial charge is 0.122 e. The zero-order chi connectivity index (χ0) is 12.5. The zero-order valence-corrected chi connectivity index (χ0v) is 12.3. The Labute approximate surface area is 112 Å². The van der Waals surface area contributed by atoms with E-state index in [9.17, 15) is 0 Å². The van der Waals surface area contributed by atoms with E-state index in [0.717, 1.165) is 16.6 Å². The summed E-state index contributed by atoms with van der Waals surface area (Å²) in [5.41, 5.74) is 1.74. The number of halogens is 1. The summed E-state index contributed by atoms with van der Waals surface area (Å²) in [7, 11) is 3.79. The predicted molar refractivity (Wildman–Crippen MR) is 74.6 cm³/mol. The SMILES string of the molecule is CNC(C)C1(Cc2cc(Br)ccc2OC)CC1. The third-order valence-corrected chi connectivity index (χ3v) is 4.52. The summed E-state index contributed by atoms with van der Waals surface area (Å²) in [5, 5.41) is 3.39. The number of rotatable bonds is 5. The fourth-order valence-corrected chi connectivity index (χ4v) is 2.90. The van der Waals surface area contributed by atoms with Gasteiger partial charge < -0.3 is 10.1 Å². The van der Waals surface area contributed by atoms with Crippen LogP contribution in [0.15, 0.2) is 22.7 Å². The van der Waals surface area contributed by atoms with E-state index in [0.29, 0.717) is 11.5 Å². The lowest BCUT2D eigenvalue weighted by molar-refractivity contribution is 0.357. The number of hydrogen-bond donors (Lipinski definition) is 1. The lowest BCUT2D eigenvalue weighted by Crippen LogP contribution is -2.33. The van der Waals surface area contributed by atoms with Gasteiger partial charge in [-0.3, -0.25) is 0 Å². The number of methoxy groups -OCH3 is 1. The second-order valence-corrected chi connectivity index (χ2v) is 5.92. The molecule has 0 aliphatic heterocycles. The molecule has 3 heteroatoms. The van der Waals surface area contributed by atoms with Crippen LogP contribution >= 0.6 is 15.9 Å². The maximum Gasteiger partial charge on any atom is 0.122 e. The van der Waals surface area contributed by atoms with Gasteiger partial charge in [0.2, 0.25) is 0 Å². The Bertz CT molecular complexity index is 401. The Hall–Kier alpha value is -0.540. The molecule has 0 bridgehead atoms. The van der Waals surface area contributed by atoms with Crippen molar-refractivity contribution in [1.82, 2.24) is 5.32 Å². The minimum absolute atomic E-state index is 0.433. The normalized spacial score (nSPS) is 18.8. The fourth-order valence-electron chi connectivity index (χ4n) is 2.49. The summed E-state index contributed by atoms with van der Waals surface area (Å²) in [6.07, 6.45) is 3.72. The number of benzene rings is 1. The van der Waals surface area contributed by atoms with E-state index in [2.05, 4.69) is 34.2 Å². The van der Waals surface area contributed by atoms with Crippen LogP contribution in [0.1, 0.15) is 25.3 Å². The molecule has 0 amide bonds. The van der Waals surface area contributed by atoms with Crippen LogP contribution in [0.5, 0.6) is 5.75 Å². The van der Waals surface area contributed by atoms with Crippen LogP contribution in [0.2, 0.25) is 0 Å².